The molecule has 0 aliphatic heterocycles. The van der Waals surface area contributed by atoms with Gasteiger partial charge in [-0.25, -0.2) is 0 Å². The second-order valence-corrected chi connectivity index (χ2v) is 5.55. The number of rotatable bonds is 4. The molecule has 0 radical (unpaired) electrons. The Hall–Kier alpha value is -1.55. The smallest absolute Gasteiger partial charge is 0.253 e. The van der Waals surface area contributed by atoms with Crippen molar-refractivity contribution in [2.45, 2.75) is 20.4 Å². The van der Waals surface area contributed by atoms with E-state index in [-0.39, 0.29) is 5.56 Å². The predicted molar refractivity (Wildman–Crippen MR) is 82.8 cm³/mol. The highest BCUT2D eigenvalue weighted by Gasteiger charge is 2.01. The van der Waals surface area contributed by atoms with Gasteiger partial charge in [-0.3, -0.25) is 4.79 Å². The molecular weight excluding hydrogens is 304 g/mol. The molecule has 0 aliphatic rings. The van der Waals surface area contributed by atoms with E-state index in [9.17, 15) is 4.79 Å². The summed E-state index contributed by atoms with van der Waals surface area (Å²) in [5, 5.41) is 3.31. The van der Waals surface area contributed by atoms with Gasteiger partial charge in [-0.15, -0.1) is 0 Å². The van der Waals surface area contributed by atoms with Crippen LogP contribution in [0.3, 0.4) is 0 Å². The van der Waals surface area contributed by atoms with Crippen molar-refractivity contribution in [3.8, 4) is 0 Å². The van der Waals surface area contributed by atoms with Crippen LogP contribution in [0.2, 0.25) is 0 Å². The highest BCUT2D eigenvalue weighted by Crippen LogP contribution is 2.09. The SMILES string of the molecule is Cc1ccc(NCCn2cc(Br)cc(C)c2=O)cc1. The Balaban J connectivity index is 2.00. The van der Waals surface area contributed by atoms with Gasteiger partial charge in [-0.2, -0.15) is 0 Å². The monoisotopic (exact) mass is 320 g/mol. The fourth-order valence-corrected chi connectivity index (χ4v) is 2.49. The molecule has 0 aliphatic carbocycles. The molecule has 19 heavy (non-hydrogen) atoms. The van der Waals surface area contributed by atoms with Crippen molar-refractivity contribution >= 4 is 21.6 Å². The Labute approximate surface area is 121 Å². The van der Waals surface area contributed by atoms with Gasteiger partial charge in [-0.05, 0) is 48.0 Å². The van der Waals surface area contributed by atoms with Crippen molar-refractivity contribution in [1.29, 1.82) is 0 Å². The van der Waals surface area contributed by atoms with E-state index in [1.807, 2.05) is 31.3 Å². The topological polar surface area (TPSA) is 34.0 Å². The zero-order chi connectivity index (χ0) is 13.8. The molecule has 1 heterocycles. The maximum atomic E-state index is 11.9. The summed E-state index contributed by atoms with van der Waals surface area (Å²) in [5.41, 5.74) is 3.13. The average molecular weight is 321 g/mol. The Morgan fingerprint density at radius 1 is 1.21 bits per heavy atom. The minimum atomic E-state index is 0.0638. The minimum absolute atomic E-state index is 0.0638. The van der Waals surface area contributed by atoms with E-state index in [4.69, 9.17) is 0 Å². The first-order valence-electron chi connectivity index (χ1n) is 6.23. The van der Waals surface area contributed by atoms with Crippen LogP contribution in [-0.2, 0) is 6.54 Å². The lowest BCUT2D eigenvalue weighted by Gasteiger charge is -2.10. The van der Waals surface area contributed by atoms with Crippen molar-refractivity contribution in [3.05, 3.63) is 62.5 Å². The number of anilines is 1. The van der Waals surface area contributed by atoms with E-state index >= 15 is 0 Å². The van der Waals surface area contributed by atoms with E-state index in [0.717, 1.165) is 22.3 Å². The number of pyridine rings is 1. The molecule has 0 fully saturated rings. The molecule has 0 saturated carbocycles. The summed E-state index contributed by atoms with van der Waals surface area (Å²) in [4.78, 5) is 11.9. The van der Waals surface area contributed by atoms with Gasteiger partial charge in [0.2, 0.25) is 0 Å². The summed E-state index contributed by atoms with van der Waals surface area (Å²) in [7, 11) is 0. The summed E-state index contributed by atoms with van der Waals surface area (Å²) in [6, 6.07) is 10.1. The lowest BCUT2D eigenvalue weighted by Crippen LogP contribution is -2.24. The first-order valence-corrected chi connectivity index (χ1v) is 7.03. The first kappa shape index (κ1) is 13.9. The fourth-order valence-electron chi connectivity index (χ4n) is 1.90. The largest absolute Gasteiger partial charge is 0.383 e. The van der Waals surface area contributed by atoms with Gasteiger partial charge >= 0.3 is 0 Å². The van der Waals surface area contributed by atoms with Crippen molar-refractivity contribution in [1.82, 2.24) is 4.57 Å². The van der Waals surface area contributed by atoms with Crippen molar-refractivity contribution in [3.63, 3.8) is 0 Å². The normalized spacial score (nSPS) is 10.5. The van der Waals surface area contributed by atoms with Crippen LogP contribution in [0.25, 0.3) is 0 Å². The zero-order valence-corrected chi connectivity index (χ0v) is 12.7. The third-order valence-electron chi connectivity index (χ3n) is 2.97. The molecule has 0 saturated heterocycles. The van der Waals surface area contributed by atoms with E-state index in [0.29, 0.717) is 6.54 Å². The number of nitrogens with zero attached hydrogens (tertiary/aromatic N) is 1. The maximum Gasteiger partial charge on any atom is 0.253 e. The maximum absolute atomic E-state index is 11.9. The molecule has 1 aromatic heterocycles. The van der Waals surface area contributed by atoms with Gasteiger partial charge in [0.15, 0.2) is 0 Å². The summed E-state index contributed by atoms with van der Waals surface area (Å²) in [5.74, 6) is 0. The van der Waals surface area contributed by atoms with Crippen LogP contribution >= 0.6 is 15.9 Å². The second kappa shape index (κ2) is 6.06. The molecule has 0 bridgehead atoms. The van der Waals surface area contributed by atoms with Gasteiger partial charge in [0.05, 0.1) is 0 Å². The molecule has 4 heteroatoms. The Kier molecular flexibility index (Phi) is 4.43. The molecule has 0 spiro atoms. The lowest BCUT2D eigenvalue weighted by molar-refractivity contribution is 0.690. The first-order chi connectivity index (χ1) is 9.06. The standard InChI is InChI=1S/C15H17BrN2O/c1-11-3-5-14(6-4-11)17-7-8-18-10-13(16)9-12(2)15(18)19/h3-6,9-10,17H,7-8H2,1-2H3. The number of halogens is 1. The van der Waals surface area contributed by atoms with Crippen LogP contribution in [0.5, 0.6) is 0 Å². The zero-order valence-electron chi connectivity index (χ0n) is 11.1. The molecule has 2 rings (SSSR count). The van der Waals surface area contributed by atoms with Crippen LogP contribution in [0.15, 0.2) is 45.8 Å². The van der Waals surface area contributed by atoms with E-state index in [1.165, 1.54) is 5.56 Å². The predicted octanol–water partition coefficient (Wildman–Crippen LogP) is 3.34. The molecule has 1 N–H and O–H groups in total. The average Bonchev–Trinajstić information content (AvgIpc) is 2.37. The van der Waals surface area contributed by atoms with Crippen LogP contribution in [0.1, 0.15) is 11.1 Å². The lowest BCUT2D eigenvalue weighted by atomic mass is 10.2. The molecule has 0 unspecified atom stereocenters. The number of hydrogen-bond acceptors (Lipinski definition) is 2. The minimum Gasteiger partial charge on any atom is -0.383 e. The van der Waals surface area contributed by atoms with Crippen LogP contribution in [0, 0.1) is 13.8 Å². The molecule has 2 aromatic rings. The van der Waals surface area contributed by atoms with Crippen LogP contribution in [-0.4, -0.2) is 11.1 Å². The highest BCUT2D eigenvalue weighted by molar-refractivity contribution is 9.10. The number of benzene rings is 1. The Morgan fingerprint density at radius 3 is 2.58 bits per heavy atom. The summed E-state index contributed by atoms with van der Waals surface area (Å²) < 4.78 is 2.65. The number of aromatic nitrogens is 1. The quantitative estimate of drug-likeness (QED) is 0.937. The van der Waals surface area contributed by atoms with Crippen molar-refractivity contribution < 1.29 is 0 Å². The van der Waals surface area contributed by atoms with Crippen LogP contribution < -0.4 is 10.9 Å². The third kappa shape index (κ3) is 3.70. The molecule has 3 nitrogen and oxygen atoms in total. The molecule has 0 atom stereocenters. The number of nitrogens with one attached hydrogen (secondary N) is 1. The van der Waals surface area contributed by atoms with Gasteiger partial charge < -0.3 is 9.88 Å². The molecular formula is C15H17BrN2O. The Morgan fingerprint density at radius 2 is 1.89 bits per heavy atom. The molecule has 0 amide bonds. The highest BCUT2D eigenvalue weighted by atomic mass is 79.9. The van der Waals surface area contributed by atoms with E-state index in [1.54, 1.807) is 4.57 Å². The van der Waals surface area contributed by atoms with Crippen molar-refractivity contribution in [2.24, 2.45) is 0 Å². The molecule has 100 valence electrons. The van der Waals surface area contributed by atoms with Crippen molar-refractivity contribution in [2.75, 3.05) is 11.9 Å². The van der Waals surface area contributed by atoms with Gasteiger partial charge in [-0.1, -0.05) is 17.7 Å². The Bertz CT molecular complexity index is 617. The van der Waals surface area contributed by atoms with Crippen LogP contribution in [0.4, 0.5) is 5.69 Å². The van der Waals surface area contributed by atoms with Gasteiger partial charge in [0.25, 0.3) is 5.56 Å². The number of aryl methyl sites for hydroxylation is 2. The van der Waals surface area contributed by atoms with Gasteiger partial charge in [0.1, 0.15) is 0 Å². The summed E-state index contributed by atoms with van der Waals surface area (Å²) in [6.45, 7) is 5.26. The van der Waals surface area contributed by atoms with E-state index < -0.39 is 0 Å². The summed E-state index contributed by atoms with van der Waals surface area (Å²) >= 11 is 3.41. The fraction of sp³-hybridized carbons (Fsp3) is 0.267. The molecule has 1 aromatic carbocycles. The van der Waals surface area contributed by atoms with Gasteiger partial charge in [0, 0.05) is 35.0 Å². The number of hydrogen-bond donors (Lipinski definition) is 1. The third-order valence-corrected chi connectivity index (χ3v) is 3.40. The van der Waals surface area contributed by atoms with E-state index in [2.05, 4.69) is 40.3 Å². The summed E-state index contributed by atoms with van der Waals surface area (Å²) in [6.07, 6.45) is 1.83. The second-order valence-electron chi connectivity index (χ2n) is 4.63.